The molecule has 3 heterocycles. The Morgan fingerprint density at radius 2 is 1.27 bits per heavy atom. The van der Waals surface area contributed by atoms with Gasteiger partial charge < -0.3 is 14.3 Å². The Morgan fingerprint density at radius 3 is 2.10 bits per heavy atom. The molecule has 7 aromatic carbocycles. The Kier molecular flexibility index (Phi) is 5.87. The molecule has 226 valence electrons. The van der Waals surface area contributed by atoms with Crippen molar-refractivity contribution in [3.05, 3.63) is 174 Å². The molecule has 0 saturated heterocycles. The molecular formula is C43H28N4O. The molecule has 1 unspecified atom stereocenters. The Labute approximate surface area is 276 Å². The molecule has 1 aliphatic heterocycles. The van der Waals surface area contributed by atoms with Gasteiger partial charge in [0.15, 0.2) is 5.84 Å². The molecule has 2 aromatic heterocycles. The highest BCUT2D eigenvalue weighted by molar-refractivity contribution is 6.15. The van der Waals surface area contributed by atoms with Crippen molar-refractivity contribution in [1.82, 2.24) is 9.88 Å². The number of para-hydroxylation sites is 1. The van der Waals surface area contributed by atoms with E-state index in [-0.39, 0.29) is 6.17 Å². The molecule has 5 heteroatoms. The fourth-order valence-electron chi connectivity index (χ4n) is 7.21. The van der Waals surface area contributed by atoms with E-state index in [0.717, 1.165) is 50.2 Å². The van der Waals surface area contributed by atoms with Crippen molar-refractivity contribution in [2.75, 3.05) is 0 Å². The number of aliphatic imine (C=N–C) groups is 2. The van der Waals surface area contributed by atoms with Crippen LogP contribution < -0.4 is 5.32 Å². The van der Waals surface area contributed by atoms with Crippen LogP contribution in [0.25, 0.3) is 60.2 Å². The quantitative estimate of drug-likeness (QED) is 0.214. The molecule has 0 saturated carbocycles. The van der Waals surface area contributed by atoms with Crippen LogP contribution in [-0.2, 0) is 0 Å². The first kappa shape index (κ1) is 26.7. The van der Waals surface area contributed by atoms with Crippen LogP contribution in [0, 0.1) is 0 Å². The van der Waals surface area contributed by atoms with Crippen LogP contribution >= 0.6 is 0 Å². The maximum absolute atomic E-state index is 6.50. The minimum Gasteiger partial charge on any atom is -0.456 e. The highest BCUT2D eigenvalue weighted by Gasteiger charge is 2.25. The molecule has 5 nitrogen and oxygen atoms in total. The maximum Gasteiger partial charge on any atom is 0.159 e. The molecule has 1 aliphatic rings. The van der Waals surface area contributed by atoms with Gasteiger partial charge in [0.2, 0.25) is 0 Å². The van der Waals surface area contributed by atoms with Gasteiger partial charge in [0.1, 0.15) is 23.2 Å². The first-order valence-corrected chi connectivity index (χ1v) is 16.2. The van der Waals surface area contributed by atoms with E-state index in [1.165, 1.54) is 32.6 Å². The first-order valence-electron chi connectivity index (χ1n) is 16.2. The van der Waals surface area contributed by atoms with Crippen LogP contribution in [0.1, 0.15) is 22.9 Å². The fraction of sp³-hybridized carbons (Fsp3) is 0.0233. The summed E-state index contributed by atoms with van der Waals surface area (Å²) in [5.74, 6) is 1.48. The van der Waals surface area contributed by atoms with Crippen LogP contribution in [0.2, 0.25) is 0 Å². The van der Waals surface area contributed by atoms with E-state index >= 15 is 0 Å². The molecule has 0 bridgehead atoms. The van der Waals surface area contributed by atoms with Gasteiger partial charge in [-0.1, -0.05) is 115 Å². The van der Waals surface area contributed by atoms with E-state index < -0.39 is 0 Å². The van der Waals surface area contributed by atoms with Crippen molar-refractivity contribution in [3.8, 4) is 5.69 Å². The highest BCUT2D eigenvalue weighted by atomic mass is 16.3. The third-order valence-electron chi connectivity index (χ3n) is 9.43. The number of benzene rings is 7. The summed E-state index contributed by atoms with van der Waals surface area (Å²) in [5.41, 5.74) is 8.12. The Bertz CT molecular complexity index is 2750. The van der Waals surface area contributed by atoms with Crippen LogP contribution in [-0.4, -0.2) is 16.2 Å². The SMILES string of the molecule is c1ccc(C2=NC(c3cccc4oc5ccc(-n6c7ccccc7c7cc8ccccc8cc76)cc5c34)NC(c3ccccc3)=N2)cc1. The number of furan rings is 1. The smallest absolute Gasteiger partial charge is 0.159 e. The predicted octanol–water partition coefficient (Wildman–Crippen LogP) is 10.3. The van der Waals surface area contributed by atoms with Crippen molar-refractivity contribution >= 4 is 66.2 Å². The fourth-order valence-corrected chi connectivity index (χ4v) is 7.21. The first-order chi connectivity index (χ1) is 23.8. The summed E-state index contributed by atoms with van der Waals surface area (Å²) in [4.78, 5) is 10.2. The Balaban J connectivity index is 1.19. The number of nitrogens with zero attached hydrogens (tertiary/aromatic N) is 3. The average molecular weight is 617 g/mol. The van der Waals surface area contributed by atoms with Crippen molar-refractivity contribution < 1.29 is 4.42 Å². The molecular weight excluding hydrogens is 589 g/mol. The van der Waals surface area contributed by atoms with E-state index in [0.29, 0.717) is 5.84 Å². The van der Waals surface area contributed by atoms with E-state index in [1.807, 2.05) is 48.5 Å². The second kappa shape index (κ2) is 10.5. The lowest BCUT2D eigenvalue weighted by atomic mass is 10.0. The molecule has 0 amide bonds. The monoisotopic (exact) mass is 616 g/mol. The van der Waals surface area contributed by atoms with E-state index in [1.54, 1.807) is 0 Å². The molecule has 9 aromatic rings. The Hall–Kier alpha value is -6.46. The number of hydrogen-bond donors (Lipinski definition) is 1. The van der Waals surface area contributed by atoms with Gasteiger partial charge in [-0.2, -0.15) is 0 Å². The minimum absolute atomic E-state index is 0.374. The summed E-state index contributed by atoms with van der Waals surface area (Å²) in [6.07, 6.45) is -0.374. The van der Waals surface area contributed by atoms with Gasteiger partial charge in [0, 0.05) is 43.9 Å². The molecule has 1 atom stereocenters. The molecule has 0 fully saturated rings. The lowest BCUT2D eigenvalue weighted by Gasteiger charge is -2.24. The molecule has 48 heavy (non-hydrogen) atoms. The summed E-state index contributed by atoms with van der Waals surface area (Å²) in [7, 11) is 0. The van der Waals surface area contributed by atoms with Gasteiger partial charge in [-0.05, 0) is 53.2 Å². The normalized spacial score (nSPS) is 14.9. The van der Waals surface area contributed by atoms with Crippen LogP contribution in [0.15, 0.2) is 172 Å². The van der Waals surface area contributed by atoms with Crippen LogP contribution in [0.5, 0.6) is 0 Å². The Morgan fingerprint density at radius 1 is 0.542 bits per heavy atom. The topological polar surface area (TPSA) is 54.8 Å². The number of nitrogens with one attached hydrogen (secondary N) is 1. The molecule has 10 rings (SSSR count). The van der Waals surface area contributed by atoms with Crippen molar-refractivity contribution in [2.24, 2.45) is 9.98 Å². The van der Waals surface area contributed by atoms with Crippen LogP contribution in [0.4, 0.5) is 0 Å². The zero-order chi connectivity index (χ0) is 31.6. The third-order valence-corrected chi connectivity index (χ3v) is 9.43. The van der Waals surface area contributed by atoms with Gasteiger partial charge in [-0.3, -0.25) is 0 Å². The summed E-state index contributed by atoms with van der Waals surface area (Å²) in [6, 6.07) is 55.0. The summed E-state index contributed by atoms with van der Waals surface area (Å²) in [6.45, 7) is 0. The number of aromatic nitrogens is 1. The molecule has 1 N–H and O–H groups in total. The average Bonchev–Trinajstić information content (AvgIpc) is 3.69. The van der Waals surface area contributed by atoms with E-state index in [4.69, 9.17) is 14.4 Å². The third kappa shape index (κ3) is 4.18. The van der Waals surface area contributed by atoms with E-state index in [9.17, 15) is 0 Å². The van der Waals surface area contributed by atoms with Crippen molar-refractivity contribution in [2.45, 2.75) is 6.17 Å². The predicted molar refractivity (Wildman–Crippen MR) is 197 cm³/mol. The lowest BCUT2D eigenvalue weighted by Crippen LogP contribution is -2.33. The second-order valence-corrected chi connectivity index (χ2v) is 12.3. The summed E-state index contributed by atoms with van der Waals surface area (Å²) < 4.78 is 8.87. The molecule has 0 radical (unpaired) electrons. The largest absolute Gasteiger partial charge is 0.456 e. The number of hydrogen-bond acceptors (Lipinski definition) is 4. The van der Waals surface area contributed by atoms with Gasteiger partial charge in [0.25, 0.3) is 0 Å². The van der Waals surface area contributed by atoms with Gasteiger partial charge in [-0.25, -0.2) is 9.98 Å². The molecule has 0 spiro atoms. The van der Waals surface area contributed by atoms with Crippen molar-refractivity contribution in [3.63, 3.8) is 0 Å². The zero-order valence-corrected chi connectivity index (χ0v) is 25.8. The van der Waals surface area contributed by atoms with E-state index in [2.05, 4.69) is 119 Å². The van der Waals surface area contributed by atoms with Gasteiger partial charge in [-0.15, -0.1) is 0 Å². The minimum atomic E-state index is -0.374. The summed E-state index contributed by atoms with van der Waals surface area (Å²) >= 11 is 0. The van der Waals surface area contributed by atoms with Crippen molar-refractivity contribution in [1.29, 1.82) is 0 Å². The zero-order valence-electron chi connectivity index (χ0n) is 25.8. The van der Waals surface area contributed by atoms with Gasteiger partial charge >= 0.3 is 0 Å². The second-order valence-electron chi connectivity index (χ2n) is 12.3. The number of amidine groups is 2. The molecule has 0 aliphatic carbocycles. The highest BCUT2D eigenvalue weighted by Crippen LogP contribution is 2.39. The lowest BCUT2D eigenvalue weighted by molar-refractivity contribution is 0.662. The van der Waals surface area contributed by atoms with Gasteiger partial charge in [0.05, 0.1) is 11.0 Å². The number of rotatable bonds is 4. The number of fused-ring (bicyclic) bond motifs is 7. The summed E-state index contributed by atoms with van der Waals surface area (Å²) in [5, 5.41) is 10.7. The standard InChI is InChI=1S/C43H28N4O/c1-3-12-27(13-4-1)41-44-42(28-14-5-2-6-15-28)46-43(45-41)33-19-11-21-39-40(33)35-26-31(22-23-38(35)48-39)47-36-20-10-9-18-32(36)34-24-29-16-7-8-17-30(29)25-37(34)47/h1-26,43H,(H,44,45,46). The maximum atomic E-state index is 6.50. The van der Waals surface area contributed by atoms with Crippen LogP contribution in [0.3, 0.4) is 0 Å².